The quantitative estimate of drug-likeness (QED) is 0.583. The highest BCUT2D eigenvalue weighted by molar-refractivity contribution is 6.65. The lowest BCUT2D eigenvalue weighted by Gasteiger charge is -2.91. The summed E-state index contributed by atoms with van der Waals surface area (Å²) in [5.41, 5.74) is -0.929. The van der Waals surface area contributed by atoms with Gasteiger partial charge in [0.25, 0.3) is 0 Å². The van der Waals surface area contributed by atoms with E-state index in [1.807, 2.05) is 6.92 Å². The van der Waals surface area contributed by atoms with E-state index in [0.29, 0.717) is 6.42 Å². The lowest BCUT2D eigenvalue weighted by atomic mass is 8.93. The molecule has 2 fully saturated rings. The summed E-state index contributed by atoms with van der Waals surface area (Å²) in [6, 6.07) is 0. The van der Waals surface area contributed by atoms with Gasteiger partial charge in [-0.15, -0.1) is 15.6 Å². The molecule has 0 heterocycles. The summed E-state index contributed by atoms with van der Waals surface area (Å²) in [6.07, 6.45) is 0.435. The van der Waals surface area contributed by atoms with Gasteiger partial charge in [-0.3, -0.25) is 0 Å². The first-order chi connectivity index (χ1) is 12.5. The van der Waals surface area contributed by atoms with Crippen molar-refractivity contribution in [2.45, 2.75) is 81.4 Å². The molecule has 2 aliphatic carbocycles. The highest BCUT2D eigenvalue weighted by Crippen LogP contribution is 3.00. The number of fused-ring (bicyclic) bond motifs is 2. The van der Waals surface area contributed by atoms with E-state index >= 15 is 0 Å². The number of hydrogen-bond acceptors (Lipinski definition) is 0. The van der Waals surface area contributed by atoms with Crippen LogP contribution in [-0.2, 0) is 0 Å². The lowest BCUT2D eigenvalue weighted by molar-refractivity contribution is 0.0521. The van der Waals surface area contributed by atoms with Crippen LogP contribution in [0.3, 0.4) is 0 Å². The third kappa shape index (κ3) is 2.32. The van der Waals surface area contributed by atoms with Gasteiger partial charge in [-0.1, -0.05) is 65.8 Å². The highest BCUT2D eigenvalue weighted by Gasteiger charge is 2.79. The molecule has 0 saturated heterocycles. The fourth-order valence-electron chi connectivity index (χ4n) is 5.51. The van der Waals surface area contributed by atoms with Crippen molar-refractivity contribution >= 4 is 110 Å². The second-order valence-corrected chi connectivity index (χ2v) is 9.92. The van der Waals surface area contributed by atoms with Gasteiger partial charge in [-0.25, -0.2) is 0 Å². The summed E-state index contributed by atoms with van der Waals surface area (Å²) in [5.74, 6) is -4.08. The summed E-state index contributed by atoms with van der Waals surface area (Å²) in [7, 11) is 91.7. The average molecular weight is 346 g/mol. The molecule has 0 spiro atoms. The maximum absolute atomic E-state index is 6.99. The highest BCUT2D eigenvalue weighted by atomic mass is 14.7. The molecule has 6 unspecified atom stereocenters. The molecule has 0 aromatic heterocycles. The van der Waals surface area contributed by atoms with E-state index < -0.39 is 59.7 Å². The Hall–Kier alpha value is 0.909. The zero-order valence-corrected chi connectivity index (χ0v) is 17.5. The molecular weight excluding hydrogens is 332 g/mol. The summed E-state index contributed by atoms with van der Waals surface area (Å²) in [4.78, 5) is 0. The number of hydrogen-bond donors (Lipinski definition) is 0. The molecule has 2 bridgehead atoms. The summed E-state index contributed by atoms with van der Waals surface area (Å²) in [5, 5.41) is -15.0. The van der Waals surface area contributed by atoms with Gasteiger partial charge in [0.2, 0.25) is 0 Å². The lowest BCUT2D eigenvalue weighted by Crippen LogP contribution is -2.73. The summed E-state index contributed by atoms with van der Waals surface area (Å²) >= 11 is 0. The van der Waals surface area contributed by atoms with E-state index in [2.05, 4.69) is 0 Å². The van der Waals surface area contributed by atoms with Crippen LogP contribution in [-0.4, -0.2) is 110 Å². The van der Waals surface area contributed by atoms with Gasteiger partial charge >= 0.3 is 0 Å². The Labute approximate surface area is 196 Å². The second kappa shape index (κ2) is 6.49. The third-order valence-corrected chi connectivity index (χ3v) is 8.51. The summed E-state index contributed by atoms with van der Waals surface area (Å²) in [6.45, 7) is 5.35. The first kappa shape index (κ1) is 26.2. The van der Waals surface area contributed by atoms with E-state index in [1.165, 1.54) is 0 Å². The topological polar surface area (TPSA) is 0 Å². The van der Waals surface area contributed by atoms with E-state index in [9.17, 15) is 0 Å². The smallest absolute Gasteiger partial charge is 0.0727 e. The molecule has 0 aliphatic heterocycles. The zero-order chi connectivity index (χ0) is 23.4. The third-order valence-electron chi connectivity index (χ3n) is 8.51. The van der Waals surface area contributed by atoms with E-state index in [4.69, 9.17) is 110 Å². The van der Waals surface area contributed by atoms with Crippen molar-refractivity contribution in [3.63, 3.8) is 0 Å². The fourth-order valence-corrected chi connectivity index (χ4v) is 5.51. The number of rotatable bonds is 3. The minimum Gasteiger partial charge on any atom is -0.108 e. The van der Waals surface area contributed by atoms with Gasteiger partial charge in [0.05, 0.1) is 110 Å². The van der Waals surface area contributed by atoms with Crippen molar-refractivity contribution in [3.05, 3.63) is 0 Å². The minimum atomic E-state index is -2.27. The molecule has 0 aromatic carbocycles. The molecule has 14 heteroatoms. The van der Waals surface area contributed by atoms with Crippen molar-refractivity contribution in [2.75, 3.05) is 0 Å². The van der Waals surface area contributed by atoms with Crippen LogP contribution in [0.4, 0.5) is 0 Å². The van der Waals surface area contributed by atoms with Crippen molar-refractivity contribution in [3.8, 4) is 0 Å². The van der Waals surface area contributed by atoms with Crippen LogP contribution in [0.1, 0.15) is 27.2 Å². The van der Waals surface area contributed by atoms with Crippen LogP contribution in [0.25, 0.3) is 0 Å². The Bertz CT molecular complexity index is 687. The molecule has 28 radical (unpaired) electrons. The second-order valence-electron chi connectivity index (χ2n) is 9.92. The van der Waals surface area contributed by atoms with Gasteiger partial charge in [0, 0.05) is 0 Å². The fraction of sp³-hybridized carbons (Fsp3) is 1.00. The molecule has 29 heavy (non-hydrogen) atoms. The Kier molecular flexibility index (Phi) is 5.85. The monoisotopic (exact) mass is 348 g/mol. The molecule has 2 aliphatic rings. The average Bonchev–Trinajstić information content (AvgIpc) is 2.60. The normalized spacial score (nSPS) is 46.0. The predicted octanol–water partition coefficient (Wildman–Crippen LogP) is -0.885. The van der Waals surface area contributed by atoms with Crippen LogP contribution in [0.15, 0.2) is 0 Å². The standard InChI is InChI=1S/C15H14B14/c1-4-8(2,3)15(28,29)13(26)9(19)5(16)6(17)10(20,21)14(13,27)12(24,25)7(18)11(9,22)23/h5-7H,4H2,1-3H3. The van der Waals surface area contributed by atoms with E-state index in [-0.39, 0.29) is 0 Å². The molecule has 6 atom stereocenters. The van der Waals surface area contributed by atoms with Crippen LogP contribution in [0, 0.1) is 5.41 Å². The summed E-state index contributed by atoms with van der Waals surface area (Å²) < 4.78 is 0. The first-order valence-electron chi connectivity index (χ1n) is 9.47. The zero-order valence-electron chi connectivity index (χ0n) is 17.5. The van der Waals surface area contributed by atoms with Crippen LogP contribution in [0.2, 0.25) is 54.2 Å². The maximum Gasteiger partial charge on any atom is 0.0727 e. The molecule has 0 N–H and O–H groups in total. The molecule has 2 rings (SSSR count). The molecule has 0 amide bonds. The van der Waals surface area contributed by atoms with Gasteiger partial charge in [0.15, 0.2) is 0 Å². The molecule has 0 nitrogen and oxygen atoms in total. The van der Waals surface area contributed by atoms with Crippen molar-refractivity contribution in [1.82, 2.24) is 0 Å². The Morgan fingerprint density at radius 1 is 0.690 bits per heavy atom. The SMILES string of the molecule is [B]C1C([B])C2([B])C([B])([B])C([B])C([B])([B])C([B])(C1([B])[B])C2([B])C([B])([B])C(C)(C)CC. The molecular formula is C15H14B14. The van der Waals surface area contributed by atoms with Crippen LogP contribution in [0.5, 0.6) is 0 Å². The van der Waals surface area contributed by atoms with Gasteiger partial charge in [-0.2, -0.15) is 0 Å². The Balaban J connectivity index is 3.17. The van der Waals surface area contributed by atoms with Crippen molar-refractivity contribution < 1.29 is 0 Å². The largest absolute Gasteiger partial charge is 0.108 e. The van der Waals surface area contributed by atoms with Crippen LogP contribution >= 0.6 is 0 Å². The van der Waals surface area contributed by atoms with Crippen molar-refractivity contribution in [2.24, 2.45) is 5.41 Å². The van der Waals surface area contributed by atoms with Crippen molar-refractivity contribution in [1.29, 1.82) is 0 Å². The maximum atomic E-state index is 6.99. The van der Waals surface area contributed by atoms with E-state index in [0.717, 1.165) is 0 Å². The molecule has 116 valence electrons. The first-order valence-corrected chi connectivity index (χ1v) is 9.47. The predicted molar refractivity (Wildman–Crippen MR) is 135 cm³/mol. The van der Waals surface area contributed by atoms with Gasteiger partial charge in [-0.05, 0) is 5.41 Å². The Morgan fingerprint density at radius 3 is 1.48 bits per heavy atom. The van der Waals surface area contributed by atoms with Gasteiger partial charge < -0.3 is 0 Å². The van der Waals surface area contributed by atoms with E-state index in [1.54, 1.807) is 13.8 Å². The Morgan fingerprint density at radius 2 is 1.10 bits per heavy atom. The van der Waals surface area contributed by atoms with Crippen LogP contribution < -0.4 is 0 Å². The molecule has 0 aromatic rings. The molecule has 2 saturated carbocycles. The minimum absolute atomic E-state index is 0.435. The van der Waals surface area contributed by atoms with Gasteiger partial charge in [0.1, 0.15) is 0 Å².